The lowest BCUT2D eigenvalue weighted by atomic mass is 10.0. The molecule has 0 radical (unpaired) electrons. The lowest BCUT2D eigenvalue weighted by Crippen LogP contribution is -2.30. The molecule has 45 heavy (non-hydrogen) atoms. The van der Waals surface area contributed by atoms with Crippen molar-refractivity contribution in [1.82, 2.24) is 5.32 Å². The van der Waals surface area contributed by atoms with Crippen molar-refractivity contribution in [2.24, 2.45) is 0 Å². The number of thioether (sulfide) groups is 1. The van der Waals surface area contributed by atoms with Crippen LogP contribution in [0.5, 0.6) is 0 Å². The van der Waals surface area contributed by atoms with Gasteiger partial charge in [0.2, 0.25) is 5.91 Å². The van der Waals surface area contributed by atoms with Gasteiger partial charge >= 0.3 is 0 Å². The van der Waals surface area contributed by atoms with Crippen molar-refractivity contribution in [3.63, 3.8) is 0 Å². The average molecular weight is 636 g/mol. The summed E-state index contributed by atoms with van der Waals surface area (Å²) < 4.78 is 55.1. The molecule has 0 spiro atoms. The van der Waals surface area contributed by atoms with Gasteiger partial charge in [0, 0.05) is 22.2 Å². The number of carbonyl (C=O) groups is 3. The molecule has 4 aromatic rings. The van der Waals surface area contributed by atoms with Crippen molar-refractivity contribution in [3.8, 4) is 0 Å². The number of anilines is 2. The van der Waals surface area contributed by atoms with Crippen molar-refractivity contribution in [2.45, 2.75) is 36.8 Å². The zero-order valence-electron chi connectivity index (χ0n) is 24.5. The number of rotatable bonds is 10. The Balaban J connectivity index is 1.51. The summed E-state index contributed by atoms with van der Waals surface area (Å²) >= 11 is 0.975. The van der Waals surface area contributed by atoms with Crippen molar-refractivity contribution >= 4 is 46.9 Å². The molecule has 3 amide bonds. The van der Waals surface area contributed by atoms with Gasteiger partial charge < -0.3 is 16.0 Å². The second-order valence-corrected chi connectivity index (χ2v) is 11.7. The van der Waals surface area contributed by atoms with Gasteiger partial charge in [-0.2, -0.15) is 0 Å². The molecule has 1 unspecified atom stereocenters. The Labute approximate surface area is 261 Å². The summed E-state index contributed by atoms with van der Waals surface area (Å²) in [6.45, 7) is 5.56. The minimum absolute atomic E-state index is 0.0154. The fourth-order valence-corrected chi connectivity index (χ4v) is 5.02. The monoisotopic (exact) mass is 635 g/mol. The SMILES string of the molecule is CC(Sc1cccc(NC(=O)/C(=C\c2ccc(C(C)C)cc2)NC(=O)c2ccccc2)c1)C(=O)Nc1c(F)c(F)cc(F)c1F. The van der Waals surface area contributed by atoms with E-state index in [-0.39, 0.29) is 11.8 Å². The molecule has 1 atom stereocenters. The van der Waals surface area contributed by atoms with Crippen molar-refractivity contribution in [1.29, 1.82) is 0 Å². The summed E-state index contributed by atoms with van der Waals surface area (Å²) in [6, 6.07) is 22.4. The third-order valence-electron chi connectivity index (χ3n) is 6.58. The molecule has 0 saturated carbocycles. The molecule has 232 valence electrons. The minimum atomic E-state index is -1.72. The Bertz CT molecular complexity index is 1720. The van der Waals surface area contributed by atoms with Crippen LogP contribution in [0.4, 0.5) is 28.9 Å². The third kappa shape index (κ3) is 8.60. The van der Waals surface area contributed by atoms with E-state index in [0.717, 1.165) is 17.3 Å². The van der Waals surface area contributed by atoms with Gasteiger partial charge in [0.25, 0.3) is 11.8 Å². The molecule has 0 aromatic heterocycles. The molecule has 0 heterocycles. The van der Waals surface area contributed by atoms with Crippen molar-refractivity contribution < 1.29 is 31.9 Å². The van der Waals surface area contributed by atoms with Gasteiger partial charge in [-0.25, -0.2) is 17.6 Å². The van der Waals surface area contributed by atoms with Crippen LogP contribution in [-0.2, 0) is 9.59 Å². The first kappa shape index (κ1) is 33.0. The van der Waals surface area contributed by atoms with E-state index in [1.54, 1.807) is 60.7 Å². The predicted molar refractivity (Wildman–Crippen MR) is 168 cm³/mol. The second-order valence-electron chi connectivity index (χ2n) is 10.3. The maximum Gasteiger partial charge on any atom is 0.272 e. The predicted octanol–water partition coefficient (Wildman–Crippen LogP) is 7.90. The van der Waals surface area contributed by atoms with Gasteiger partial charge in [-0.05, 0) is 60.4 Å². The summed E-state index contributed by atoms with van der Waals surface area (Å²) in [5.74, 6) is -8.41. The highest BCUT2D eigenvalue weighted by Crippen LogP contribution is 2.29. The summed E-state index contributed by atoms with van der Waals surface area (Å²) in [7, 11) is 0. The first-order chi connectivity index (χ1) is 21.4. The topological polar surface area (TPSA) is 87.3 Å². The smallest absolute Gasteiger partial charge is 0.272 e. The van der Waals surface area contributed by atoms with E-state index < -0.39 is 51.9 Å². The number of nitrogens with one attached hydrogen (secondary N) is 3. The summed E-state index contributed by atoms with van der Waals surface area (Å²) in [5.41, 5.74) is 1.25. The zero-order chi connectivity index (χ0) is 32.7. The largest absolute Gasteiger partial charge is 0.321 e. The molecule has 0 saturated heterocycles. The highest BCUT2D eigenvalue weighted by molar-refractivity contribution is 8.00. The highest BCUT2D eigenvalue weighted by atomic mass is 32.2. The van der Waals surface area contributed by atoms with E-state index in [1.807, 2.05) is 29.6 Å². The molecular weight excluding hydrogens is 606 g/mol. The molecule has 0 aliphatic heterocycles. The lowest BCUT2D eigenvalue weighted by Gasteiger charge is -2.15. The number of carbonyl (C=O) groups excluding carboxylic acids is 3. The molecule has 4 rings (SSSR count). The van der Waals surface area contributed by atoms with Gasteiger partial charge in [0.05, 0.1) is 5.25 Å². The van der Waals surface area contributed by atoms with Crippen LogP contribution in [0, 0.1) is 23.3 Å². The van der Waals surface area contributed by atoms with Crippen LogP contribution in [-0.4, -0.2) is 23.0 Å². The summed E-state index contributed by atoms with van der Waals surface area (Å²) in [4.78, 5) is 39.5. The Morgan fingerprint density at radius 2 is 1.40 bits per heavy atom. The van der Waals surface area contributed by atoms with Crippen molar-refractivity contribution in [3.05, 3.63) is 131 Å². The van der Waals surface area contributed by atoms with Gasteiger partial charge in [-0.15, -0.1) is 11.8 Å². The van der Waals surface area contributed by atoms with E-state index in [2.05, 4.69) is 24.5 Å². The van der Waals surface area contributed by atoms with E-state index >= 15 is 0 Å². The zero-order valence-corrected chi connectivity index (χ0v) is 25.3. The number of halogens is 4. The molecule has 0 fully saturated rings. The molecule has 6 nitrogen and oxygen atoms in total. The number of amides is 3. The fourth-order valence-electron chi connectivity index (χ4n) is 4.10. The van der Waals surface area contributed by atoms with E-state index in [0.29, 0.717) is 27.6 Å². The maximum atomic E-state index is 14.0. The molecule has 0 aliphatic rings. The Morgan fingerprint density at radius 3 is 2.02 bits per heavy atom. The third-order valence-corrected chi connectivity index (χ3v) is 7.67. The second kappa shape index (κ2) is 14.7. The maximum absolute atomic E-state index is 14.0. The van der Waals surface area contributed by atoms with Gasteiger partial charge in [-0.1, -0.05) is 62.4 Å². The van der Waals surface area contributed by atoms with Gasteiger partial charge in [-0.3, -0.25) is 14.4 Å². The Kier molecular flexibility index (Phi) is 10.8. The van der Waals surface area contributed by atoms with Crippen LogP contribution in [0.25, 0.3) is 6.08 Å². The van der Waals surface area contributed by atoms with Gasteiger partial charge in [0.1, 0.15) is 11.4 Å². The molecule has 3 N–H and O–H groups in total. The van der Waals surface area contributed by atoms with Crippen LogP contribution < -0.4 is 16.0 Å². The van der Waals surface area contributed by atoms with Gasteiger partial charge in [0.15, 0.2) is 23.3 Å². The van der Waals surface area contributed by atoms with Crippen LogP contribution in [0.1, 0.15) is 48.2 Å². The Morgan fingerprint density at radius 1 is 0.756 bits per heavy atom. The molecule has 4 aromatic carbocycles. The van der Waals surface area contributed by atoms with Crippen molar-refractivity contribution in [2.75, 3.05) is 10.6 Å². The van der Waals surface area contributed by atoms with Crippen LogP contribution in [0.3, 0.4) is 0 Å². The normalized spacial score (nSPS) is 12.0. The van der Waals surface area contributed by atoms with E-state index in [9.17, 15) is 31.9 Å². The number of benzene rings is 4. The summed E-state index contributed by atoms with van der Waals surface area (Å²) in [5, 5.41) is 6.36. The summed E-state index contributed by atoms with van der Waals surface area (Å²) in [6.07, 6.45) is 1.55. The fraction of sp³-hybridized carbons (Fsp3) is 0.147. The average Bonchev–Trinajstić information content (AvgIpc) is 3.02. The lowest BCUT2D eigenvalue weighted by molar-refractivity contribution is -0.115. The first-order valence-electron chi connectivity index (χ1n) is 13.8. The first-order valence-corrected chi connectivity index (χ1v) is 14.7. The number of hydrogen-bond acceptors (Lipinski definition) is 4. The van der Waals surface area contributed by atoms with Crippen LogP contribution in [0.2, 0.25) is 0 Å². The molecule has 0 aliphatic carbocycles. The molecule has 11 heteroatoms. The quantitative estimate of drug-likeness (QED) is 0.0716. The van der Waals surface area contributed by atoms with Crippen LogP contribution >= 0.6 is 11.8 Å². The van der Waals surface area contributed by atoms with E-state index in [4.69, 9.17) is 0 Å². The van der Waals surface area contributed by atoms with Crippen LogP contribution in [0.15, 0.2) is 95.5 Å². The molecular formula is C34H29F4N3O3S. The minimum Gasteiger partial charge on any atom is -0.321 e. The highest BCUT2D eigenvalue weighted by Gasteiger charge is 2.24. The number of hydrogen-bond donors (Lipinski definition) is 3. The standard InChI is InChI=1S/C34H29F4N3O3S/c1-19(2)22-14-12-21(13-15-22)16-28(40-33(43)23-8-5-4-6-9-23)34(44)39-24-10-7-11-25(17-24)45-20(3)32(42)41-31-29(37)26(35)18-27(36)30(31)38/h4-20H,1-3H3,(H,39,44)(H,40,43)(H,41,42)/b28-16+. The Hall–Kier alpha value is -4.90. The molecule has 0 bridgehead atoms. The van der Waals surface area contributed by atoms with E-state index in [1.165, 1.54) is 6.92 Å².